The van der Waals surface area contributed by atoms with Crippen molar-refractivity contribution in [1.29, 1.82) is 0 Å². The summed E-state index contributed by atoms with van der Waals surface area (Å²) in [6.45, 7) is 13.2. The van der Waals surface area contributed by atoms with E-state index in [0.29, 0.717) is 6.16 Å². The van der Waals surface area contributed by atoms with Gasteiger partial charge in [-0.1, -0.05) is 77.6 Å². The van der Waals surface area contributed by atoms with Crippen LogP contribution in [0.1, 0.15) is 65.6 Å². The molecule has 39 heavy (non-hydrogen) atoms. The molecule has 0 saturated carbocycles. The Balaban J connectivity index is 0.000000292. The summed E-state index contributed by atoms with van der Waals surface area (Å²) < 4.78 is 0. The summed E-state index contributed by atoms with van der Waals surface area (Å²) >= 11 is 1.72. The van der Waals surface area contributed by atoms with E-state index in [1.807, 2.05) is 0 Å². The van der Waals surface area contributed by atoms with E-state index in [9.17, 15) is 0 Å². The normalized spacial score (nSPS) is 10.1. The number of hydrogen-bond donors (Lipinski definition) is 0. The van der Waals surface area contributed by atoms with E-state index in [1.165, 1.54) is 92.2 Å². The molecule has 0 unspecified atom stereocenters. The first kappa shape index (κ1) is 35.6. The number of fused-ring (bicyclic) bond motifs is 2. The molecule has 4 heteroatoms. The molecule has 5 aromatic rings. The standard InChI is InChI=1S/2C14H17.C7H8Si.2ClH.Zr/c2*1-4-5-12-7-6-11(3)13-8-10(2)9-14(12)13;8-6-7-4-2-1-3-5-7;;;/h2*6-9H,4-5H2,1-3H3;1-5,8H,6H2;2*1H;/q2*-1;;;;+2/p-2. The molecule has 0 saturated heterocycles. The van der Waals surface area contributed by atoms with Crippen molar-refractivity contribution in [3.8, 4) is 0 Å². The molecule has 0 atom stereocenters. The summed E-state index contributed by atoms with van der Waals surface area (Å²) in [6, 6.07) is 30.3. The van der Waals surface area contributed by atoms with Crippen molar-refractivity contribution in [3.63, 3.8) is 0 Å². The van der Waals surface area contributed by atoms with Gasteiger partial charge >= 0.3 is 71.4 Å². The van der Waals surface area contributed by atoms with Gasteiger partial charge in [-0.05, 0) is 12.8 Å². The van der Waals surface area contributed by atoms with Crippen LogP contribution in [-0.4, -0.2) is 6.16 Å². The van der Waals surface area contributed by atoms with E-state index in [1.54, 1.807) is 23.3 Å². The summed E-state index contributed by atoms with van der Waals surface area (Å²) in [7, 11) is 0. The van der Waals surface area contributed by atoms with E-state index >= 15 is 0 Å². The van der Waals surface area contributed by atoms with E-state index in [4.69, 9.17) is 0 Å². The fourth-order valence-corrected chi connectivity index (χ4v) is 7.25. The molecule has 0 heterocycles. The van der Waals surface area contributed by atoms with Gasteiger partial charge in [0, 0.05) is 0 Å². The second kappa shape index (κ2) is 18.1. The molecule has 5 aromatic carbocycles. The maximum absolute atomic E-state index is 2.31. The minimum atomic E-state index is 0. The first-order valence-electron chi connectivity index (χ1n) is 13.7. The molecule has 206 valence electrons. The van der Waals surface area contributed by atoms with Crippen LogP contribution >= 0.6 is 0 Å². The predicted octanol–water partition coefficient (Wildman–Crippen LogP) is 3.35. The molecule has 0 aliphatic carbocycles. The second-order valence-electron chi connectivity index (χ2n) is 10.2. The monoisotopic (exact) mass is 650 g/mol. The van der Waals surface area contributed by atoms with E-state index < -0.39 is 0 Å². The quantitative estimate of drug-likeness (QED) is 0.195. The molecule has 0 aliphatic heterocycles. The minimum absolute atomic E-state index is 0. The summed E-state index contributed by atoms with van der Waals surface area (Å²) in [5.41, 5.74) is 10.1. The second-order valence-corrected chi connectivity index (χ2v) is 14.0. The Morgan fingerprint density at radius 3 is 1.46 bits per heavy atom. The molecule has 0 spiro atoms. The molecule has 5 rings (SSSR count). The van der Waals surface area contributed by atoms with Crippen molar-refractivity contribution in [3.05, 3.63) is 118 Å². The van der Waals surface area contributed by atoms with Gasteiger partial charge in [0.05, 0.1) is 0 Å². The summed E-state index contributed by atoms with van der Waals surface area (Å²) in [6.07, 6.45) is 5.55. The van der Waals surface area contributed by atoms with Gasteiger partial charge in [-0.3, -0.25) is 0 Å². The van der Waals surface area contributed by atoms with Crippen LogP contribution in [0.2, 0.25) is 0 Å². The van der Waals surface area contributed by atoms with Crippen LogP contribution in [0, 0.1) is 27.7 Å². The van der Waals surface area contributed by atoms with Gasteiger partial charge in [0.15, 0.2) is 0 Å². The number of aryl methyl sites for hydroxylation is 6. The van der Waals surface area contributed by atoms with E-state index in [2.05, 4.69) is 120 Å². The number of benzene rings is 3. The number of halogens is 2. The summed E-state index contributed by atoms with van der Waals surface area (Å²) in [5.74, 6) is 0. The average molecular weight is 653 g/mol. The van der Waals surface area contributed by atoms with Gasteiger partial charge in [0.25, 0.3) is 0 Å². The van der Waals surface area contributed by atoms with Gasteiger partial charge in [0.1, 0.15) is 0 Å². The maximum atomic E-state index is 2.31. The average Bonchev–Trinajstić information content (AvgIpc) is 3.48. The molecule has 0 nitrogen and oxygen atoms in total. The Labute approximate surface area is 265 Å². The zero-order valence-electron chi connectivity index (χ0n) is 24.4. The Bertz CT molecular complexity index is 1340. The van der Waals surface area contributed by atoms with Crippen LogP contribution in [0.25, 0.3) is 21.5 Å². The zero-order valence-corrected chi connectivity index (χ0v) is 29.5. The van der Waals surface area contributed by atoms with Crippen molar-refractivity contribution in [1.82, 2.24) is 0 Å². The molecular weight excluding hydrogens is 611 g/mol. The van der Waals surface area contributed by atoms with E-state index in [-0.39, 0.29) is 24.8 Å². The Hall–Kier alpha value is -1.44. The molecule has 0 radical (unpaired) electrons. The number of rotatable bonds is 6. The third kappa shape index (κ3) is 10.2. The third-order valence-electron chi connectivity index (χ3n) is 6.90. The van der Waals surface area contributed by atoms with Crippen LogP contribution in [0.3, 0.4) is 0 Å². The first-order valence-corrected chi connectivity index (χ1v) is 19.4. The van der Waals surface area contributed by atoms with Gasteiger partial charge < -0.3 is 24.8 Å². The van der Waals surface area contributed by atoms with Crippen molar-refractivity contribution in [2.24, 2.45) is 0 Å². The Morgan fingerprint density at radius 1 is 0.641 bits per heavy atom. The van der Waals surface area contributed by atoms with Crippen molar-refractivity contribution >= 4 is 27.7 Å². The Kier molecular flexibility index (Phi) is 16.5. The SMILES string of the molecule is CCCc1ccc(C)c2[cH-]c(C)cc12.CCCc1ccc(C)c2[cH-]c(C)cc12.[Cl-].[Cl-].[Zr+2]=[SiH]Cc1ccccc1. The van der Waals surface area contributed by atoms with Crippen molar-refractivity contribution in [2.45, 2.75) is 73.3 Å². The predicted molar refractivity (Wildman–Crippen MR) is 163 cm³/mol. The van der Waals surface area contributed by atoms with Gasteiger partial charge in [-0.25, -0.2) is 0 Å². The van der Waals surface area contributed by atoms with Crippen molar-refractivity contribution < 1.29 is 48.1 Å². The van der Waals surface area contributed by atoms with Crippen LogP contribution < -0.4 is 24.8 Å². The van der Waals surface area contributed by atoms with Crippen LogP contribution in [0.4, 0.5) is 0 Å². The van der Waals surface area contributed by atoms with Gasteiger partial charge in [-0.2, -0.15) is 12.1 Å². The topological polar surface area (TPSA) is 0 Å². The summed E-state index contributed by atoms with van der Waals surface area (Å²) in [4.78, 5) is 0. The summed E-state index contributed by atoms with van der Waals surface area (Å²) in [5, 5.41) is 5.80. The van der Waals surface area contributed by atoms with Crippen LogP contribution in [-0.2, 0) is 42.2 Å². The molecule has 0 fully saturated rings. The van der Waals surface area contributed by atoms with Gasteiger partial charge in [0.2, 0.25) is 0 Å². The third-order valence-corrected chi connectivity index (χ3v) is 9.08. The fraction of sp³-hybridized carbons (Fsp3) is 0.314. The molecule has 0 amide bonds. The zero-order chi connectivity index (χ0) is 26.8. The molecule has 0 bridgehead atoms. The number of hydrogen-bond acceptors (Lipinski definition) is 0. The molecule has 0 aliphatic rings. The van der Waals surface area contributed by atoms with Crippen LogP contribution in [0.15, 0.2) is 78.9 Å². The molecule has 0 aromatic heterocycles. The first-order chi connectivity index (χ1) is 17.9. The fourth-order valence-electron chi connectivity index (χ4n) is 5.01. The van der Waals surface area contributed by atoms with Crippen LogP contribution in [0.5, 0.6) is 0 Å². The van der Waals surface area contributed by atoms with Crippen molar-refractivity contribution in [2.75, 3.05) is 0 Å². The molecule has 0 N–H and O–H groups in total. The Morgan fingerprint density at radius 2 is 1.08 bits per heavy atom. The van der Waals surface area contributed by atoms with Gasteiger partial charge in [-0.15, -0.1) is 68.1 Å². The molecular formula is C35H42Cl2SiZr-2. The van der Waals surface area contributed by atoms with E-state index in [0.717, 1.165) is 0 Å².